The molecule has 0 amide bonds. The number of aromatic nitrogens is 2. The van der Waals surface area contributed by atoms with Gasteiger partial charge >= 0.3 is 11.6 Å². The van der Waals surface area contributed by atoms with E-state index in [1.54, 1.807) is 26.0 Å². The van der Waals surface area contributed by atoms with Crippen molar-refractivity contribution in [2.45, 2.75) is 24.8 Å². The van der Waals surface area contributed by atoms with Gasteiger partial charge < -0.3 is 20.0 Å². The second kappa shape index (κ2) is 7.67. The molecule has 0 fully saturated rings. The van der Waals surface area contributed by atoms with Crippen LogP contribution in [-0.4, -0.2) is 27.7 Å². The quantitative estimate of drug-likeness (QED) is 0.294. The number of thioether (sulfide) groups is 1. The molecule has 0 aliphatic rings. The van der Waals surface area contributed by atoms with Gasteiger partial charge in [-0.15, -0.1) is 0 Å². The predicted molar refractivity (Wildman–Crippen MR) is 101 cm³/mol. The normalized spacial score (nSPS) is 10.9. The van der Waals surface area contributed by atoms with Crippen molar-refractivity contribution in [3.05, 3.63) is 51.5 Å². The van der Waals surface area contributed by atoms with Crippen molar-refractivity contribution in [3.8, 4) is 5.75 Å². The van der Waals surface area contributed by atoms with E-state index in [1.807, 2.05) is 0 Å². The summed E-state index contributed by atoms with van der Waals surface area (Å²) in [5.74, 6) is -0.108. The summed E-state index contributed by atoms with van der Waals surface area (Å²) in [5, 5.41) is 10.9. The first kappa shape index (κ1) is 18.7. The Labute approximate surface area is 158 Å². The predicted octanol–water partition coefficient (Wildman–Crippen LogP) is 2.65. The van der Waals surface area contributed by atoms with Crippen LogP contribution in [0.5, 0.6) is 5.75 Å². The number of aromatic hydroxyl groups is 1. The summed E-state index contributed by atoms with van der Waals surface area (Å²) in [4.78, 5) is 31.8. The lowest BCUT2D eigenvalue weighted by Crippen LogP contribution is -2.10. The zero-order valence-corrected chi connectivity index (χ0v) is 15.5. The van der Waals surface area contributed by atoms with E-state index in [0.717, 1.165) is 0 Å². The lowest BCUT2D eigenvalue weighted by Gasteiger charge is -2.08. The Morgan fingerprint density at radius 2 is 2.19 bits per heavy atom. The molecule has 3 N–H and O–H groups in total. The summed E-state index contributed by atoms with van der Waals surface area (Å²) in [6.45, 7) is 3.60. The number of nitrogens with two attached hydrogens (primary N) is 1. The fourth-order valence-electron chi connectivity index (χ4n) is 2.49. The third-order valence-corrected chi connectivity index (χ3v) is 4.78. The summed E-state index contributed by atoms with van der Waals surface area (Å²) in [6, 6.07) is 4.63. The van der Waals surface area contributed by atoms with E-state index in [1.165, 1.54) is 24.0 Å². The van der Waals surface area contributed by atoms with Gasteiger partial charge in [0.1, 0.15) is 22.7 Å². The minimum Gasteiger partial charge on any atom is -0.508 e. The minimum absolute atomic E-state index is 0.0316. The van der Waals surface area contributed by atoms with E-state index < -0.39 is 11.6 Å². The maximum atomic E-state index is 11.9. The van der Waals surface area contributed by atoms with Gasteiger partial charge in [-0.05, 0) is 31.5 Å². The summed E-state index contributed by atoms with van der Waals surface area (Å²) >= 11 is 1.26. The number of rotatable bonds is 5. The third kappa shape index (κ3) is 3.87. The zero-order chi connectivity index (χ0) is 19.6. The third-order valence-electron chi connectivity index (χ3n) is 3.87. The van der Waals surface area contributed by atoms with Crippen LogP contribution in [0.3, 0.4) is 0 Å². The molecular formula is C18H17N3O5S. The molecule has 140 valence electrons. The number of ether oxygens (including phenoxy) is 1. The molecule has 9 heteroatoms. The highest BCUT2D eigenvalue weighted by atomic mass is 32.2. The number of esters is 1. The number of carbonyl (C=O) groups excluding carboxylic acids is 1. The smallest absolute Gasteiger partial charge is 0.343 e. The Balaban J connectivity index is 1.87. The van der Waals surface area contributed by atoms with E-state index in [4.69, 9.17) is 14.9 Å². The molecule has 27 heavy (non-hydrogen) atoms. The van der Waals surface area contributed by atoms with Crippen molar-refractivity contribution in [1.29, 1.82) is 0 Å². The van der Waals surface area contributed by atoms with Crippen LogP contribution >= 0.6 is 11.8 Å². The van der Waals surface area contributed by atoms with E-state index in [0.29, 0.717) is 33.0 Å². The van der Waals surface area contributed by atoms with Crippen molar-refractivity contribution in [1.82, 2.24) is 9.97 Å². The number of anilines is 1. The molecule has 0 atom stereocenters. The SMILES string of the molecule is CCOC(=O)c1cnc(SCc2cc(=O)oc3c(C)c(O)ccc23)nc1N. The van der Waals surface area contributed by atoms with Crippen LogP contribution in [0.25, 0.3) is 11.0 Å². The van der Waals surface area contributed by atoms with Gasteiger partial charge in [0.05, 0.1) is 6.61 Å². The molecule has 3 rings (SSSR count). The summed E-state index contributed by atoms with van der Waals surface area (Å²) in [6.07, 6.45) is 1.32. The highest BCUT2D eigenvalue weighted by Crippen LogP contribution is 2.30. The number of phenols is 1. The van der Waals surface area contributed by atoms with Crippen LogP contribution in [0.4, 0.5) is 5.82 Å². The van der Waals surface area contributed by atoms with Crippen molar-refractivity contribution in [3.63, 3.8) is 0 Å². The van der Waals surface area contributed by atoms with E-state index in [-0.39, 0.29) is 23.7 Å². The van der Waals surface area contributed by atoms with Crippen LogP contribution in [0.2, 0.25) is 0 Å². The number of hydrogen-bond acceptors (Lipinski definition) is 9. The van der Waals surface area contributed by atoms with Gasteiger partial charge in [0.15, 0.2) is 5.16 Å². The molecule has 1 aromatic carbocycles. The van der Waals surface area contributed by atoms with Crippen molar-refractivity contribution >= 4 is 34.5 Å². The Bertz CT molecular complexity index is 1080. The van der Waals surface area contributed by atoms with Gasteiger partial charge in [0.25, 0.3) is 0 Å². The summed E-state index contributed by atoms with van der Waals surface area (Å²) in [7, 11) is 0. The first-order valence-corrected chi connectivity index (χ1v) is 9.07. The van der Waals surface area contributed by atoms with Gasteiger partial charge in [-0.25, -0.2) is 19.6 Å². The average Bonchev–Trinajstić information content (AvgIpc) is 2.63. The lowest BCUT2D eigenvalue weighted by atomic mass is 10.1. The molecule has 0 unspecified atom stereocenters. The van der Waals surface area contributed by atoms with E-state index in [9.17, 15) is 14.7 Å². The fourth-order valence-corrected chi connectivity index (χ4v) is 3.30. The lowest BCUT2D eigenvalue weighted by molar-refractivity contribution is 0.0526. The zero-order valence-electron chi connectivity index (χ0n) is 14.7. The number of benzene rings is 1. The maximum absolute atomic E-state index is 11.9. The Morgan fingerprint density at radius 3 is 2.89 bits per heavy atom. The fraction of sp³-hybridized carbons (Fsp3) is 0.222. The number of carbonyl (C=O) groups is 1. The molecule has 2 aromatic heterocycles. The minimum atomic E-state index is -0.575. The monoisotopic (exact) mass is 387 g/mol. The van der Waals surface area contributed by atoms with E-state index >= 15 is 0 Å². The van der Waals surface area contributed by atoms with Crippen LogP contribution in [0.1, 0.15) is 28.4 Å². The van der Waals surface area contributed by atoms with Crippen molar-refractivity contribution in [2.75, 3.05) is 12.3 Å². The largest absolute Gasteiger partial charge is 0.508 e. The van der Waals surface area contributed by atoms with Gasteiger partial charge in [0.2, 0.25) is 0 Å². The highest BCUT2D eigenvalue weighted by molar-refractivity contribution is 7.98. The number of phenolic OH excluding ortho intramolecular Hbond substituents is 1. The van der Waals surface area contributed by atoms with Crippen molar-refractivity contribution < 1.29 is 19.1 Å². The van der Waals surface area contributed by atoms with Gasteiger partial charge in [0, 0.05) is 29.0 Å². The second-order valence-electron chi connectivity index (χ2n) is 5.64. The number of nitrogens with zero attached hydrogens (tertiary/aromatic N) is 2. The standard InChI is InChI=1S/C18H17N3O5S/c1-3-25-17(24)12-7-20-18(21-16(12)19)27-8-10-6-14(23)26-15-9(2)13(22)5-4-11(10)15/h4-7,22H,3,8H2,1-2H3,(H2,19,20,21). The average molecular weight is 387 g/mol. The van der Waals surface area contributed by atoms with Gasteiger partial charge in [-0.2, -0.15) is 0 Å². The first-order valence-electron chi connectivity index (χ1n) is 8.08. The maximum Gasteiger partial charge on any atom is 0.343 e. The molecule has 0 radical (unpaired) electrons. The topological polar surface area (TPSA) is 129 Å². The van der Waals surface area contributed by atoms with Crippen LogP contribution in [0.15, 0.2) is 38.8 Å². The molecule has 0 spiro atoms. The number of aryl methyl sites for hydroxylation is 1. The molecule has 0 bridgehead atoms. The summed E-state index contributed by atoms with van der Waals surface area (Å²) in [5.41, 5.74) is 6.97. The van der Waals surface area contributed by atoms with Crippen LogP contribution < -0.4 is 11.4 Å². The number of fused-ring (bicyclic) bond motifs is 1. The molecule has 0 aliphatic heterocycles. The molecule has 3 aromatic rings. The van der Waals surface area contributed by atoms with Crippen molar-refractivity contribution in [2.24, 2.45) is 0 Å². The Morgan fingerprint density at radius 1 is 1.41 bits per heavy atom. The van der Waals surface area contributed by atoms with E-state index in [2.05, 4.69) is 9.97 Å². The number of nitrogen functional groups attached to an aromatic ring is 1. The molecule has 0 aliphatic carbocycles. The Kier molecular flexibility index (Phi) is 5.31. The van der Waals surface area contributed by atoms with Gasteiger partial charge in [-0.3, -0.25) is 0 Å². The molecule has 2 heterocycles. The first-order chi connectivity index (χ1) is 12.9. The number of hydrogen-bond donors (Lipinski definition) is 2. The molecular weight excluding hydrogens is 370 g/mol. The van der Waals surface area contributed by atoms with Gasteiger partial charge in [-0.1, -0.05) is 11.8 Å². The molecule has 0 saturated carbocycles. The summed E-state index contributed by atoms with van der Waals surface area (Å²) < 4.78 is 10.1. The van der Waals surface area contributed by atoms with Crippen LogP contribution in [-0.2, 0) is 10.5 Å². The second-order valence-corrected chi connectivity index (χ2v) is 6.58. The van der Waals surface area contributed by atoms with Crippen LogP contribution in [0, 0.1) is 6.92 Å². The highest BCUT2D eigenvalue weighted by Gasteiger charge is 2.15. The molecule has 8 nitrogen and oxygen atoms in total. The molecule has 0 saturated heterocycles. The Hall–Kier alpha value is -3.07.